The Kier molecular flexibility index (Phi) is 7.59. The van der Waals surface area contributed by atoms with Gasteiger partial charge in [0.25, 0.3) is 0 Å². The smallest absolute Gasteiger partial charge is 0.311 e. The van der Waals surface area contributed by atoms with E-state index < -0.39 is 11.5 Å². The zero-order valence-electron chi connectivity index (χ0n) is 11.7. The summed E-state index contributed by atoms with van der Waals surface area (Å²) in [7, 11) is 0. The molecule has 5 nitrogen and oxygen atoms in total. The first-order chi connectivity index (χ1) is 8.39. The van der Waals surface area contributed by atoms with E-state index >= 15 is 0 Å². The molecule has 0 rings (SSSR count). The molecule has 0 heterocycles. The molecule has 0 saturated carbocycles. The summed E-state index contributed by atoms with van der Waals surface area (Å²) in [5.41, 5.74) is -0.514. The van der Waals surface area contributed by atoms with E-state index in [1.807, 2.05) is 20.8 Å². The highest BCUT2D eigenvalue weighted by Crippen LogP contribution is 2.26. The summed E-state index contributed by atoms with van der Waals surface area (Å²) in [4.78, 5) is 22.6. The van der Waals surface area contributed by atoms with Gasteiger partial charge in [-0.3, -0.25) is 9.59 Å². The maximum atomic E-state index is 11.8. The standard InChI is InChI=1S/C13H24O5/c1-5-11(15)17-8-10(14)9-18-12(16)13(4,6-2)7-3/h10,14H,5-9H2,1-4H3. The lowest BCUT2D eigenvalue weighted by Gasteiger charge is -2.24. The van der Waals surface area contributed by atoms with Gasteiger partial charge in [0, 0.05) is 6.42 Å². The van der Waals surface area contributed by atoms with Gasteiger partial charge < -0.3 is 14.6 Å². The van der Waals surface area contributed by atoms with E-state index in [0.717, 1.165) is 0 Å². The summed E-state index contributed by atoms with van der Waals surface area (Å²) in [6, 6.07) is 0. The van der Waals surface area contributed by atoms with E-state index in [9.17, 15) is 14.7 Å². The van der Waals surface area contributed by atoms with Crippen LogP contribution < -0.4 is 0 Å². The molecule has 1 atom stereocenters. The molecule has 18 heavy (non-hydrogen) atoms. The van der Waals surface area contributed by atoms with Crippen LogP contribution in [0.2, 0.25) is 0 Å². The van der Waals surface area contributed by atoms with Gasteiger partial charge in [-0.25, -0.2) is 0 Å². The highest BCUT2D eigenvalue weighted by Gasteiger charge is 2.31. The number of aliphatic hydroxyl groups excluding tert-OH is 1. The molecular formula is C13H24O5. The monoisotopic (exact) mass is 260 g/mol. The van der Waals surface area contributed by atoms with Gasteiger partial charge in [0.05, 0.1) is 5.41 Å². The first kappa shape index (κ1) is 16.9. The molecule has 0 saturated heterocycles. The van der Waals surface area contributed by atoms with Crippen LogP contribution in [-0.2, 0) is 19.1 Å². The average Bonchev–Trinajstić information content (AvgIpc) is 2.40. The van der Waals surface area contributed by atoms with Crippen molar-refractivity contribution in [1.82, 2.24) is 0 Å². The quantitative estimate of drug-likeness (QED) is 0.672. The van der Waals surface area contributed by atoms with E-state index in [1.54, 1.807) is 6.92 Å². The number of carbonyl (C=O) groups is 2. The van der Waals surface area contributed by atoms with Crippen molar-refractivity contribution in [2.24, 2.45) is 5.41 Å². The number of esters is 2. The van der Waals surface area contributed by atoms with Crippen LogP contribution in [0, 0.1) is 5.41 Å². The second-order valence-corrected chi connectivity index (χ2v) is 4.56. The van der Waals surface area contributed by atoms with Crippen LogP contribution in [0.15, 0.2) is 0 Å². The van der Waals surface area contributed by atoms with Crippen molar-refractivity contribution in [3.05, 3.63) is 0 Å². The third-order valence-electron chi connectivity index (χ3n) is 3.19. The predicted molar refractivity (Wildman–Crippen MR) is 66.9 cm³/mol. The summed E-state index contributed by atoms with van der Waals surface area (Å²) in [5.74, 6) is -0.708. The van der Waals surface area contributed by atoms with E-state index in [4.69, 9.17) is 9.47 Å². The average molecular weight is 260 g/mol. The lowest BCUT2D eigenvalue weighted by molar-refractivity contribution is -0.160. The summed E-state index contributed by atoms with van der Waals surface area (Å²) >= 11 is 0. The molecule has 106 valence electrons. The number of ether oxygens (including phenoxy) is 2. The van der Waals surface area contributed by atoms with Crippen molar-refractivity contribution in [2.75, 3.05) is 13.2 Å². The van der Waals surface area contributed by atoms with Gasteiger partial charge in [-0.15, -0.1) is 0 Å². The van der Waals surface area contributed by atoms with Crippen LogP contribution in [0.5, 0.6) is 0 Å². The van der Waals surface area contributed by atoms with Crippen molar-refractivity contribution in [2.45, 2.75) is 53.1 Å². The molecule has 0 aromatic rings. The molecule has 5 heteroatoms. The van der Waals surface area contributed by atoms with Crippen LogP contribution in [-0.4, -0.2) is 36.4 Å². The summed E-state index contributed by atoms with van der Waals surface area (Å²) in [6.45, 7) is 7.05. The van der Waals surface area contributed by atoms with Gasteiger partial charge in [-0.1, -0.05) is 20.8 Å². The molecule has 1 N–H and O–H groups in total. The fourth-order valence-corrected chi connectivity index (χ4v) is 1.22. The van der Waals surface area contributed by atoms with Crippen LogP contribution in [0.4, 0.5) is 0 Å². The molecule has 0 aliphatic carbocycles. The first-order valence-electron chi connectivity index (χ1n) is 6.40. The van der Waals surface area contributed by atoms with Gasteiger partial charge in [0.2, 0.25) is 0 Å². The van der Waals surface area contributed by atoms with Crippen LogP contribution in [0.25, 0.3) is 0 Å². The number of rotatable bonds is 8. The lowest BCUT2D eigenvalue weighted by Crippen LogP contribution is -2.32. The Labute approximate surface area is 108 Å². The summed E-state index contributed by atoms with van der Waals surface area (Å²) in [6.07, 6.45) is 0.658. The molecular weight excluding hydrogens is 236 g/mol. The third kappa shape index (κ3) is 5.49. The Morgan fingerprint density at radius 3 is 2.06 bits per heavy atom. The fraction of sp³-hybridized carbons (Fsp3) is 0.846. The zero-order chi connectivity index (χ0) is 14.2. The van der Waals surface area contributed by atoms with Gasteiger partial charge in [0.1, 0.15) is 19.3 Å². The highest BCUT2D eigenvalue weighted by atomic mass is 16.6. The summed E-state index contributed by atoms with van der Waals surface area (Å²) in [5, 5.41) is 9.50. The Balaban J connectivity index is 4.02. The molecule has 0 amide bonds. The Morgan fingerprint density at radius 2 is 1.61 bits per heavy atom. The molecule has 0 radical (unpaired) electrons. The maximum absolute atomic E-state index is 11.8. The van der Waals surface area contributed by atoms with Gasteiger partial charge in [-0.2, -0.15) is 0 Å². The minimum absolute atomic E-state index is 0.144. The van der Waals surface area contributed by atoms with Crippen molar-refractivity contribution in [3.8, 4) is 0 Å². The second-order valence-electron chi connectivity index (χ2n) is 4.56. The van der Waals surface area contributed by atoms with Crippen molar-refractivity contribution in [1.29, 1.82) is 0 Å². The van der Waals surface area contributed by atoms with E-state index in [2.05, 4.69) is 0 Å². The van der Waals surface area contributed by atoms with E-state index in [-0.39, 0.29) is 31.6 Å². The zero-order valence-corrected chi connectivity index (χ0v) is 11.7. The largest absolute Gasteiger partial charge is 0.463 e. The molecule has 0 aliphatic heterocycles. The molecule has 1 unspecified atom stereocenters. The number of hydrogen-bond acceptors (Lipinski definition) is 5. The number of carbonyl (C=O) groups excluding carboxylic acids is 2. The Morgan fingerprint density at radius 1 is 1.11 bits per heavy atom. The first-order valence-corrected chi connectivity index (χ1v) is 6.40. The van der Waals surface area contributed by atoms with E-state index in [1.165, 1.54) is 0 Å². The van der Waals surface area contributed by atoms with Crippen molar-refractivity contribution < 1.29 is 24.2 Å². The molecule has 0 aromatic heterocycles. The Bertz CT molecular complexity index is 271. The highest BCUT2D eigenvalue weighted by molar-refractivity contribution is 5.76. The van der Waals surface area contributed by atoms with Crippen molar-refractivity contribution in [3.63, 3.8) is 0 Å². The fourth-order valence-electron chi connectivity index (χ4n) is 1.22. The second kappa shape index (κ2) is 8.08. The normalized spacial score (nSPS) is 12.9. The minimum Gasteiger partial charge on any atom is -0.463 e. The van der Waals surface area contributed by atoms with Crippen LogP contribution in [0.3, 0.4) is 0 Å². The molecule has 0 aliphatic rings. The van der Waals surface area contributed by atoms with Gasteiger partial charge >= 0.3 is 11.9 Å². The predicted octanol–water partition coefficient (Wildman–Crippen LogP) is 1.67. The SMILES string of the molecule is CCC(=O)OCC(O)COC(=O)C(C)(CC)CC. The molecule has 0 spiro atoms. The van der Waals surface area contributed by atoms with Crippen LogP contribution >= 0.6 is 0 Å². The minimum atomic E-state index is -0.970. The molecule has 0 fully saturated rings. The number of aliphatic hydroxyl groups is 1. The molecule has 0 aromatic carbocycles. The molecule has 0 bridgehead atoms. The van der Waals surface area contributed by atoms with Crippen LogP contribution in [0.1, 0.15) is 47.0 Å². The van der Waals surface area contributed by atoms with Gasteiger partial charge in [0.15, 0.2) is 0 Å². The van der Waals surface area contributed by atoms with E-state index in [0.29, 0.717) is 12.8 Å². The summed E-state index contributed by atoms with van der Waals surface area (Å²) < 4.78 is 9.78. The van der Waals surface area contributed by atoms with Gasteiger partial charge in [-0.05, 0) is 19.8 Å². The number of hydrogen-bond donors (Lipinski definition) is 1. The lowest BCUT2D eigenvalue weighted by atomic mass is 9.85. The topological polar surface area (TPSA) is 72.8 Å². The third-order valence-corrected chi connectivity index (χ3v) is 3.19. The van der Waals surface area contributed by atoms with Crippen molar-refractivity contribution >= 4 is 11.9 Å². The maximum Gasteiger partial charge on any atom is 0.311 e. The Hall–Kier alpha value is -1.10.